The van der Waals surface area contributed by atoms with Gasteiger partial charge >= 0.3 is 0 Å². The fraction of sp³-hybridized carbons (Fsp3) is 0.625. The summed E-state index contributed by atoms with van der Waals surface area (Å²) >= 11 is 0. The molecule has 0 amide bonds. The zero-order valence-corrected chi connectivity index (χ0v) is 13.6. The van der Waals surface area contributed by atoms with Gasteiger partial charge in [0.2, 0.25) is 0 Å². The summed E-state index contributed by atoms with van der Waals surface area (Å²) in [6.45, 7) is 7.52. The molecule has 0 aliphatic carbocycles. The molecule has 120 valence electrons. The molecule has 2 aromatic rings. The third kappa shape index (κ3) is 2.94. The molecule has 1 aliphatic rings. The molecule has 1 saturated heterocycles. The molecule has 0 N–H and O–H groups in total. The van der Waals surface area contributed by atoms with E-state index in [4.69, 9.17) is 9.26 Å². The molecule has 0 radical (unpaired) electrons. The topological polar surface area (TPSA) is 56.3 Å². The summed E-state index contributed by atoms with van der Waals surface area (Å²) in [5, 5.41) is 4.11. The van der Waals surface area contributed by atoms with Crippen molar-refractivity contribution in [2.24, 2.45) is 0 Å². The Kier molecular flexibility index (Phi) is 4.59. The number of hydrogen-bond acceptors (Lipinski definition) is 5. The lowest BCUT2D eigenvalue weighted by Crippen LogP contribution is -2.25. The molecule has 1 unspecified atom stereocenters. The number of rotatable bonds is 6. The first-order valence-electron chi connectivity index (χ1n) is 7.86. The SMILES string of the molecule is COCCn1ccnc1CN1CCCC1c1c(C)noc1C. The maximum Gasteiger partial charge on any atom is 0.138 e. The van der Waals surface area contributed by atoms with Gasteiger partial charge in [0.15, 0.2) is 0 Å². The third-order valence-corrected chi connectivity index (χ3v) is 4.47. The van der Waals surface area contributed by atoms with Crippen molar-refractivity contribution in [1.29, 1.82) is 0 Å². The van der Waals surface area contributed by atoms with Crippen LogP contribution in [0.1, 0.15) is 41.7 Å². The Bertz CT molecular complexity index is 600. The van der Waals surface area contributed by atoms with Gasteiger partial charge in [0.05, 0.1) is 18.8 Å². The Morgan fingerprint density at radius 1 is 1.41 bits per heavy atom. The standard InChI is InChI=1S/C16H24N4O2/c1-12-16(13(2)22-18-12)14-5-4-7-20(14)11-15-17-6-8-19(15)9-10-21-3/h6,8,14H,4-5,7,9-11H2,1-3H3. The maximum absolute atomic E-state index is 5.35. The van der Waals surface area contributed by atoms with Crippen LogP contribution < -0.4 is 0 Å². The minimum Gasteiger partial charge on any atom is -0.383 e. The average Bonchev–Trinajstić information content (AvgIpc) is 3.20. The summed E-state index contributed by atoms with van der Waals surface area (Å²) in [5.41, 5.74) is 2.27. The van der Waals surface area contributed by atoms with Gasteiger partial charge in [-0.1, -0.05) is 5.16 Å². The van der Waals surface area contributed by atoms with Gasteiger partial charge in [-0.15, -0.1) is 0 Å². The van der Waals surface area contributed by atoms with E-state index in [0.29, 0.717) is 12.6 Å². The molecule has 1 fully saturated rings. The van der Waals surface area contributed by atoms with Crippen LogP contribution in [-0.2, 0) is 17.8 Å². The second-order valence-corrected chi connectivity index (χ2v) is 5.90. The van der Waals surface area contributed by atoms with Gasteiger partial charge < -0.3 is 13.8 Å². The number of methoxy groups -OCH3 is 1. The summed E-state index contributed by atoms with van der Waals surface area (Å²) in [4.78, 5) is 7.00. The summed E-state index contributed by atoms with van der Waals surface area (Å²) in [6.07, 6.45) is 6.25. The Labute approximate surface area is 131 Å². The molecule has 0 spiro atoms. The van der Waals surface area contributed by atoms with E-state index in [0.717, 1.165) is 43.3 Å². The van der Waals surface area contributed by atoms with Crippen LogP contribution in [0.5, 0.6) is 0 Å². The van der Waals surface area contributed by atoms with Crippen molar-refractivity contribution < 1.29 is 9.26 Å². The van der Waals surface area contributed by atoms with Gasteiger partial charge in [-0.2, -0.15) is 0 Å². The number of likely N-dealkylation sites (tertiary alicyclic amines) is 1. The summed E-state index contributed by atoms with van der Waals surface area (Å²) < 4.78 is 12.7. The second-order valence-electron chi connectivity index (χ2n) is 5.90. The predicted molar refractivity (Wildman–Crippen MR) is 82.5 cm³/mol. The first-order chi connectivity index (χ1) is 10.7. The number of hydrogen-bond donors (Lipinski definition) is 0. The van der Waals surface area contributed by atoms with Crippen LogP contribution in [0.15, 0.2) is 16.9 Å². The summed E-state index contributed by atoms with van der Waals surface area (Å²) in [6, 6.07) is 0.388. The molecule has 2 aromatic heterocycles. The van der Waals surface area contributed by atoms with E-state index in [1.54, 1.807) is 7.11 Å². The van der Waals surface area contributed by atoms with Gasteiger partial charge in [0.25, 0.3) is 0 Å². The lowest BCUT2D eigenvalue weighted by atomic mass is 10.0. The molecule has 1 atom stereocenters. The summed E-state index contributed by atoms with van der Waals surface area (Å²) in [7, 11) is 1.73. The molecule has 3 rings (SSSR count). The molecule has 6 heteroatoms. The highest BCUT2D eigenvalue weighted by atomic mass is 16.5. The van der Waals surface area contributed by atoms with Crippen molar-refractivity contribution in [2.45, 2.75) is 45.8 Å². The van der Waals surface area contributed by atoms with Crippen molar-refractivity contribution >= 4 is 0 Å². The van der Waals surface area contributed by atoms with Crippen molar-refractivity contribution in [1.82, 2.24) is 19.6 Å². The highest BCUT2D eigenvalue weighted by Crippen LogP contribution is 2.36. The predicted octanol–water partition coefficient (Wildman–Crippen LogP) is 2.47. The number of imidazole rings is 1. The molecule has 0 saturated carbocycles. The highest BCUT2D eigenvalue weighted by Gasteiger charge is 2.31. The zero-order chi connectivity index (χ0) is 15.5. The molecule has 0 aromatic carbocycles. The van der Waals surface area contributed by atoms with Gasteiger partial charge in [0.1, 0.15) is 11.6 Å². The zero-order valence-electron chi connectivity index (χ0n) is 13.6. The monoisotopic (exact) mass is 304 g/mol. The fourth-order valence-corrected chi connectivity index (χ4v) is 3.37. The van der Waals surface area contributed by atoms with Gasteiger partial charge in [0, 0.05) is 37.7 Å². The Morgan fingerprint density at radius 3 is 3.00 bits per heavy atom. The van der Waals surface area contributed by atoms with Crippen LogP contribution in [0.3, 0.4) is 0 Å². The quantitative estimate of drug-likeness (QED) is 0.820. The number of nitrogens with zero attached hydrogens (tertiary/aromatic N) is 4. The minimum absolute atomic E-state index is 0.388. The number of ether oxygens (including phenoxy) is 1. The second kappa shape index (κ2) is 6.62. The smallest absolute Gasteiger partial charge is 0.138 e. The van der Waals surface area contributed by atoms with Crippen molar-refractivity contribution in [3.05, 3.63) is 35.2 Å². The maximum atomic E-state index is 5.35. The van der Waals surface area contributed by atoms with E-state index < -0.39 is 0 Å². The molecule has 3 heterocycles. The van der Waals surface area contributed by atoms with E-state index in [-0.39, 0.29) is 0 Å². The first-order valence-corrected chi connectivity index (χ1v) is 7.86. The molecular formula is C16H24N4O2. The van der Waals surface area contributed by atoms with Crippen LogP contribution in [-0.4, -0.2) is 39.9 Å². The van der Waals surface area contributed by atoms with Gasteiger partial charge in [-0.05, 0) is 33.2 Å². The van der Waals surface area contributed by atoms with E-state index in [9.17, 15) is 0 Å². The molecule has 6 nitrogen and oxygen atoms in total. The van der Waals surface area contributed by atoms with Gasteiger partial charge in [-0.3, -0.25) is 4.90 Å². The van der Waals surface area contributed by atoms with Crippen molar-refractivity contribution in [3.63, 3.8) is 0 Å². The van der Waals surface area contributed by atoms with E-state index in [1.807, 2.05) is 26.2 Å². The molecule has 0 bridgehead atoms. The van der Waals surface area contributed by atoms with E-state index in [2.05, 4.69) is 19.6 Å². The number of aryl methyl sites for hydroxylation is 2. The molecule has 1 aliphatic heterocycles. The van der Waals surface area contributed by atoms with Crippen LogP contribution in [0.25, 0.3) is 0 Å². The Hall–Kier alpha value is -1.66. The van der Waals surface area contributed by atoms with Crippen molar-refractivity contribution in [3.8, 4) is 0 Å². The average molecular weight is 304 g/mol. The number of aromatic nitrogens is 3. The molecule has 22 heavy (non-hydrogen) atoms. The molecular weight excluding hydrogens is 280 g/mol. The van der Waals surface area contributed by atoms with Crippen LogP contribution in [0.4, 0.5) is 0 Å². The Morgan fingerprint density at radius 2 is 2.27 bits per heavy atom. The van der Waals surface area contributed by atoms with Crippen LogP contribution >= 0.6 is 0 Å². The lowest BCUT2D eigenvalue weighted by molar-refractivity contribution is 0.182. The Balaban J connectivity index is 1.76. The minimum atomic E-state index is 0.388. The van der Waals surface area contributed by atoms with Crippen LogP contribution in [0.2, 0.25) is 0 Å². The highest BCUT2D eigenvalue weighted by molar-refractivity contribution is 5.26. The first kappa shape index (κ1) is 15.2. The largest absolute Gasteiger partial charge is 0.383 e. The van der Waals surface area contributed by atoms with E-state index in [1.165, 1.54) is 12.0 Å². The van der Waals surface area contributed by atoms with Crippen molar-refractivity contribution in [2.75, 3.05) is 20.3 Å². The fourth-order valence-electron chi connectivity index (χ4n) is 3.37. The van der Waals surface area contributed by atoms with Gasteiger partial charge in [-0.25, -0.2) is 4.98 Å². The third-order valence-electron chi connectivity index (χ3n) is 4.47. The normalized spacial score (nSPS) is 19.1. The van der Waals surface area contributed by atoms with E-state index >= 15 is 0 Å². The summed E-state index contributed by atoms with van der Waals surface area (Å²) in [5.74, 6) is 2.04. The van der Waals surface area contributed by atoms with Crippen LogP contribution in [0, 0.1) is 13.8 Å². The lowest BCUT2D eigenvalue weighted by Gasteiger charge is -2.24.